The molecule has 5 heteroatoms. The zero-order valence-corrected chi connectivity index (χ0v) is 20.3. The molecule has 28 heavy (non-hydrogen) atoms. The van der Waals surface area contributed by atoms with E-state index in [0.29, 0.717) is 25.3 Å². The van der Waals surface area contributed by atoms with Crippen molar-refractivity contribution in [2.45, 2.75) is 111 Å². The van der Waals surface area contributed by atoms with E-state index in [-0.39, 0.29) is 0 Å². The molecular weight excluding hydrogens is 371 g/mol. The van der Waals surface area contributed by atoms with Gasteiger partial charge in [0.15, 0.2) is 0 Å². The SMILES string of the molecule is CCCCCCCCCCCCOP(=O)(CCCC)OCCC(C)CCOC. The van der Waals surface area contributed by atoms with Crippen molar-refractivity contribution in [3.63, 3.8) is 0 Å². The second-order valence-electron chi connectivity index (χ2n) is 8.21. The van der Waals surface area contributed by atoms with Gasteiger partial charge in [0.05, 0.1) is 19.4 Å². The second kappa shape index (κ2) is 20.4. The predicted octanol–water partition coefficient (Wildman–Crippen LogP) is 8.00. The van der Waals surface area contributed by atoms with Crippen molar-refractivity contribution >= 4 is 7.60 Å². The molecule has 2 unspecified atom stereocenters. The lowest BCUT2D eigenvalue weighted by molar-refractivity contribution is 0.163. The smallest absolute Gasteiger partial charge is 0.330 e. The lowest BCUT2D eigenvalue weighted by Gasteiger charge is -2.19. The minimum atomic E-state index is -2.93. The van der Waals surface area contributed by atoms with Crippen LogP contribution < -0.4 is 0 Å². The van der Waals surface area contributed by atoms with Gasteiger partial charge in [-0.1, -0.05) is 85.0 Å². The predicted molar refractivity (Wildman–Crippen MR) is 121 cm³/mol. The molecule has 0 aliphatic heterocycles. The van der Waals surface area contributed by atoms with Crippen molar-refractivity contribution in [1.82, 2.24) is 0 Å². The number of hydrogen-bond donors (Lipinski definition) is 0. The van der Waals surface area contributed by atoms with Crippen LogP contribution in [0, 0.1) is 5.92 Å². The summed E-state index contributed by atoms with van der Waals surface area (Å²) in [6.45, 7) is 8.41. The third kappa shape index (κ3) is 18.2. The summed E-state index contributed by atoms with van der Waals surface area (Å²) in [5.41, 5.74) is 0. The monoisotopic (exact) mass is 420 g/mol. The molecule has 170 valence electrons. The summed E-state index contributed by atoms with van der Waals surface area (Å²) in [4.78, 5) is 0. The maximum absolute atomic E-state index is 13.0. The fraction of sp³-hybridized carbons (Fsp3) is 1.00. The van der Waals surface area contributed by atoms with Crippen LogP contribution in [0.4, 0.5) is 0 Å². The molecule has 0 saturated heterocycles. The summed E-state index contributed by atoms with van der Waals surface area (Å²) in [6.07, 6.45) is 17.3. The van der Waals surface area contributed by atoms with Crippen LogP contribution in [0.15, 0.2) is 0 Å². The maximum Gasteiger partial charge on any atom is 0.330 e. The standard InChI is InChI=1S/C23H49O4P/c1-5-7-9-10-11-12-13-14-15-16-19-26-28(24,22-8-6-2)27-21-18-23(3)17-20-25-4/h23H,5-22H2,1-4H3. The van der Waals surface area contributed by atoms with E-state index in [4.69, 9.17) is 13.8 Å². The van der Waals surface area contributed by atoms with E-state index < -0.39 is 7.60 Å². The van der Waals surface area contributed by atoms with Crippen molar-refractivity contribution < 1.29 is 18.3 Å². The Morgan fingerprint density at radius 3 is 1.75 bits per heavy atom. The van der Waals surface area contributed by atoms with E-state index in [1.54, 1.807) is 7.11 Å². The summed E-state index contributed by atoms with van der Waals surface area (Å²) >= 11 is 0. The first-order valence-electron chi connectivity index (χ1n) is 11.9. The Balaban J connectivity index is 3.84. The Morgan fingerprint density at radius 1 is 0.679 bits per heavy atom. The van der Waals surface area contributed by atoms with Gasteiger partial charge in [0.2, 0.25) is 0 Å². The minimum absolute atomic E-state index is 0.515. The van der Waals surface area contributed by atoms with Crippen LogP contribution in [0.2, 0.25) is 0 Å². The van der Waals surface area contributed by atoms with Crippen LogP contribution in [0.25, 0.3) is 0 Å². The minimum Gasteiger partial charge on any atom is -0.385 e. The van der Waals surface area contributed by atoms with E-state index in [9.17, 15) is 4.57 Å². The summed E-state index contributed by atoms with van der Waals surface area (Å²) in [5.74, 6) is 0.515. The molecule has 0 aromatic carbocycles. The van der Waals surface area contributed by atoms with Crippen LogP contribution in [0.5, 0.6) is 0 Å². The zero-order valence-electron chi connectivity index (χ0n) is 19.4. The Hall–Kier alpha value is 0.110. The molecule has 0 rings (SSSR count). The van der Waals surface area contributed by atoms with Gasteiger partial charge in [0.25, 0.3) is 0 Å². The van der Waals surface area contributed by atoms with Gasteiger partial charge in [-0.15, -0.1) is 0 Å². The topological polar surface area (TPSA) is 44.8 Å². The summed E-state index contributed by atoms with van der Waals surface area (Å²) < 4.78 is 29.6. The molecular formula is C23H49O4P. The van der Waals surface area contributed by atoms with Gasteiger partial charge in [-0.25, -0.2) is 0 Å². The molecule has 0 aromatic rings. The normalized spacial score (nSPS) is 14.9. The third-order valence-corrected chi connectivity index (χ3v) is 7.30. The molecule has 0 bridgehead atoms. The lowest BCUT2D eigenvalue weighted by Crippen LogP contribution is -2.07. The fourth-order valence-electron chi connectivity index (χ4n) is 3.17. The van der Waals surface area contributed by atoms with Gasteiger partial charge in [-0.2, -0.15) is 0 Å². The van der Waals surface area contributed by atoms with Gasteiger partial charge in [-0.3, -0.25) is 4.57 Å². The Morgan fingerprint density at radius 2 is 1.18 bits per heavy atom. The third-order valence-electron chi connectivity index (χ3n) is 5.28. The van der Waals surface area contributed by atoms with E-state index >= 15 is 0 Å². The lowest BCUT2D eigenvalue weighted by atomic mass is 10.1. The van der Waals surface area contributed by atoms with Gasteiger partial charge in [-0.05, 0) is 31.6 Å². The van der Waals surface area contributed by atoms with Crippen LogP contribution in [0.3, 0.4) is 0 Å². The molecule has 0 spiro atoms. The molecule has 2 atom stereocenters. The molecule has 4 nitrogen and oxygen atoms in total. The van der Waals surface area contributed by atoms with Crippen molar-refractivity contribution in [2.24, 2.45) is 5.92 Å². The van der Waals surface area contributed by atoms with Crippen molar-refractivity contribution in [1.29, 1.82) is 0 Å². The van der Waals surface area contributed by atoms with E-state index in [1.165, 1.54) is 51.4 Å². The largest absolute Gasteiger partial charge is 0.385 e. The number of ether oxygens (including phenoxy) is 1. The van der Waals surface area contributed by atoms with Crippen molar-refractivity contribution in [2.75, 3.05) is 33.1 Å². The Bertz CT molecular complexity index is 363. The second-order valence-corrected chi connectivity index (χ2v) is 10.4. The van der Waals surface area contributed by atoms with Gasteiger partial charge in [0.1, 0.15) is 0 Å². The highest BCUT2D eigenvalue weighted by Crippen LogP contribution is 2.49. The average molecular weight is 421 g/mol. The van der Waals surface area contributed by atoms with Crippen LogP contribution >= 0.6 is 7.60 Å². The molecule has 0 saturated carbocycles. The number of hydrogen-bond acceptors (Lipinski definition) is 4. The van der Waals surface area contributed by atoms with E-state index in [0.717, 1.165) is 45.1 Å². The van der Waals surface area contributed by atoms with Gasteiger partial charge >= 0.3 is 7.60 Å². The highest BCUT2D eigenvalue weighted by molar-refractivity contribution is 7.53. The summed E-state index contributed by atoms with van der Waals surface area (Å²) in [6, 6.07) is 0. The fourth-order valence-corrected chi connectivity index (χ4v) is 4.99. The molecule has 0 N–H and O–H groups in total. The van der Waals surface area contributed by atoms with Crippen molar-refractivity contribution in [3.8, 4) is 0 Å². The summed E-state index contributed by atoms with van der Waals surface area (Å²) in [5, 5.41) is 0. The molecule has 0 radical (unpaired) electrons. The first kappa shape index (κ1) is 28.1. The highest BCUT2D eigenvalue weighted by atomic mass is 31.2. The average Bonchev–Trinajstić information content (AvgIpc) is 2.69. The highest BCUT2D eigenvalue weighted by Gasteiger charge is 2.23. The Labute approximate surface area is 176 Å². The number of unbranched alkanes of at least 4 members (excludes halogenated alkanes) is 10. The number of rotatable bonds is 22. The summed E-state index contributed by atoms with van der Waals surface area (Å²) in [7, 11) is -1.20. The Kier molecular flexibility index (Phi) is 20.5. The molecule has 0 aliphatic rings. The number of methoxy groups -OCH3 is 1. The van der Waals surface area contributed by atoms with Crippen LogP contribution in [0.1, 0.15) is 111 Å². The molecule has 0 amide bonds. The quantitative estimate of drug-likeness (QED) is 0.131. The molecule has 0 aliphatic carbocycles. The van der Waals surface area contributed by atoms with Crippen LogP contribution in [-0.4, -0.2) is 33.1 Å². The molecule has 0 heterocycles. The van der Waals surface area contributed by atoms with E-state index in [2.05, 4.69) is 20.8 Å². The zero-order chi connectivity index (χ0) is 20.9. The first-order chi connectivity index (χ1) is 13.6. The maximum atomic E-state index is 13.0. The van der Waals surface area contributed by atoms with Gasteiger partial charge in [0, 0.05) is 13.7 Å². The molecule has 0 aromatic heterocycles. The van der Waals surface area contributed by atoms with Crippen molar-refractivity contribution in [3.05, 3.63) is 0 Å². The van der Waals surface area contributed by atoms with Crippen LogP contribution in [-0.2, 0) is 18.3 Å². The molecule has 0 fully saturated rings. The van der Waals surface area contributed by atoms with E-state index in [1.807, 2.05) is 0 Å². The first-order valence-corrected chi connectivity index (χ1v) is 13.7. The van der Waals surface area contributed by atoms with Gasteiger partial charge < -0.3 is 13.8 Å².